The van der Waals surface area contributed by atoms with Gasteiger partial charge in [0.2, 0.25) is 5.91 Å². The Bertz CT molecular complexity index is 1330. The van der Waals surface area contributed by atoms with Crippen LogP contribution in [0.15, 0.2) is 32.8 Å². The van der Waals surface area contributed by atoms with Gasteiger partial charge in [-0.15, -0.1) is 0 Å². The maximum atomic E-state index is 12.9. The van der Waals surface area contributed by atoms with Crippen LogP contribution in [-0.2, 0) is 18.4 Å². The zero-order valence-corrected chi connectivity index (χ0v) is 21.0. The molecule has 1 N–H and O–H groups in total. The Morgan fingerprint density at radius 1 is 1.09 bits per heavy atom. The first kappa shape index (κ1) is 24.7. The van der Waals surface area contributed by atoms with E-state index in [0.29, 0.717) is 23.0 Å². The fraction of sp³-hybridized carbons (Fsp3) is 0.458. The Labute approximate surface area is 197 Å². The maximum Gasteiger partial charge on any atom is 0.332 e. The molecule has 9 heteroatoms. The van der Waals surface area contributed by atoms with Crippen molar-refractivity contribution in [3.05, 3.63) is 61.6 Å². The van der Waals surface area contributed by atoms with E-state index in [9.17, 15) is 14.4 Å². The van der Waals surface area contributed by atoms with E-state index in [0.717, 1.165) is 10.1 Å². The van der Waals surface area contributed by atoms with Gasteiger partial charge < -0.3 is 5.32 Å². The van der Waals surface area contributed by atoms with E-state index in [-0.39, 0.29) is 29.0 Å². The molecule has 33 heavy (non-hydrogen) atoms. The van der Waals surface area contributed by atoms with Crippen LogP contribution in [0.2, 0.25) is 0 Å². The van der Waals surface area contributed by atoms with E-state index < -0.39 is 11.2 Å². The van der Waals surface area contributed by atoms with Crippen molar-refractivity contribution in [2.24, 2.45) is 13.0 Å². The Kier molecular flexibility index (Phi) is 7.41. The number of amides is 1. The molecule has 0 radical (unpaired) electrons. The summed E-state index contributed by atoms with van der Waals surface area (Å²) in [5, 5.41) is 3.68. The summed E-state index contributed by atoms with van der Waals surface area (Å²) in [6.45, 7) is 12.2. The molecule has 0 bridgehead atoms. The van der Waals surface area contributed by atoms with E-state index >= 15 is 0 Å². The number of nitrogens with zero attached hydrogens (tertiary/aromatic N) is 4. The molecule has 0 aliphatic rings. The van der Waals surface area contributed by atoms with Crippen LogP contribution < -0.4 is 16.6 Å². The highest BCUT2D eigenvalue weighted by atomic mass is 32.2. The van der Waals surface area contributed by atoms with Crippen LogP contribution in [0.1, 0.15) is 49.3 Å². The second kappa shape index (κ2) is 9.91. The third kappa shape index (κ3) is 5.35. The number of aromatic nitrogens is 4. The number of carbonyl (C=O) groups excluding carboxylic acids is 1. The van der Waals surface area contributed by atoms with Crippen LogP contribution in [0.25, 0.3) is 11.0 Å². The quantitative estimate of drug-likeness (QED) is 0.422. The smallest absolute Gasteiger partial charge is 0.332 e. The molecule has 1 amide bonds. The molecule has 0 aliphatic heterocycles. The van der Waals surface area contributed by atoms with Gasteiger partial charge in [-0.1, -0.05) is 43.8 Å². The first-order valence-corrected chi connectivity index (χ1v) is 12.0. The molecular weight excluding hydrogens is 438 g/mol. The summed E-state index contributed by atoms with van der Waals surface area (Å²) < 4.78 is 2.59. The van der Waals surface area contributed by atoms with E-state index in [1.165, 1.54) is 34.5 Å². The zero-order valence-electron chi connectivity index (χ0n) is 20.2. The molecule has 3 aromatic rings. The lowest BCUT2D eigenvalue weighted by molar-refractivity contribution is -0.119. The fourth-order valence-corrected chi connectivity index (χ4v) is 4.48. The van der Waals surface area contributed by atoms with Crippen LogP contribution in [0.3, 0.4) is 0 Å². The average molecular weight is 470 g/mol. The predicted molar refractivity (Wildman–Crippen MR) is 132 cm³/mol. The summed E-state index contributed by atoms with van der Waals surface area (Å²) in [7, 11) is 1.45. The Morgan fingerprint density at radius 2 is 1.79 bits per heavy atom. The minimum Gasteiger partial charge on any atom is -0.349 e. The van der Waals surface area contributed by atoms with Gasteiger partial charge in [0.05, 0.1) is 11.8 Å². The minimum atomic E-state index is -0.457. The zero-order chi connectivity index (χ0) is 24.4. The Balaban J connectivity index is 1.89. The second-order valence-corrected chi connectivity index (χ2v) is 9.81. The molecule has 0 fully saturated rings. The van der Waals surface area contributed by atoms with E-state index in [1.54, 1.807) is 6.92 Å². The van der Waals surface area contributed by atoms with Crippen molar-refractivity contribution in [3.63, 3.8) is 0 Å². The number of thioether (sulfide) groups is 1. The molecule has 1 aromatic carbocycles. The third-order valence-corrected chi connectivity index (χ3v) is 6.53. The van der Waals surface area contributed by atoms with Crippen LogP contribution in [0.4, 0.5) is 0 Å². The second-order valence-electron chi connectivity index (χ2n) is 8.85. The van der Waals surface area contributed by atoms with Crippen LogP contribution in [-0.4, -0.2) is 30.8 Å². The van der Waals surface area contributed by atoms with Crippen molar-refractivity contribution in [3.8, 4) is 0 Å². The first-order valence-electron chi connectivity index (χ1n) is 11.0. The van der Waals surface area contributed by atoms with Gasteiger partial charge >= 0.3 is 5.69 Å². The molecule has 1 atom stereocenters. The Hall–Kier alpha value is -2.94. The lowest BCUT2D eigenvalue weighted by Crippen LogP contribution is -2.39. The number of hydrogen-bond acceptors (Lipinski definition) is 6. The molecular formula is C24H31N5O3S. The Morgan fingerprint density at radius 3 is 2.42 bits per heavy atom. The van der Waals surface area contributed by atoms with Crippen molar-refractivity contribution >= 4 is 28.7 Å². The topological polar surface area (TPSA) is 98.9 Å². The van der Waals surface area contributed by atoms with Crippen molar-refractivity contribution in [1.82, 2.24) is 24.4 Å². The van der Waals surface area contributed by atoms with Gasteiger partial charge in [-0.05, 0) is 50.3 Å². The molecule has 8 nitrogen and oxygen atoms in total. The largest absolute Gasteiger partial charge is 0.349 e. The highest BCUT2D eigenvalue weighted by Crippen LogP contribution is 2.23. The van der Waals surface area contributed by atoms with Gasteiger partial charge in [-0.25, -0.2) is 14.8 Å². The minimum absolute atomic E-state index is 0.0905. The SMILES string of the molecule is Cc1nc(SCC(=O)N[C@H](C)c2ccc(C)c(C)c2)c2c(=O)n(C)c(=O)n(CC(C)C)c2n1. The summed E-state index contributed by atoms with van der Waals surface area (Å²) in [5.74, 6) is 0.557. The fourth-order valence-electron chi connectivity index (χ4n) is 3.61. The van der Waals surface area contributed by atoms with E-state index in [2.05, 4.69) is 28.3 Å². The van der Waals surface area contributed by atoms with E-state index in [4.69, 9.17) is 0 Å². The monoisotopic (exact) mass is 469 g/mol. The lowest BCUT2D eigenvalue weighted by atomic mass is 10.0. The van der Waals surface area contributed by atoms with Crippen molar-refractivity contribution in [1.29, 1.82) is 0 Å². The molecule has 176 valence electrons. The number of nitrogens with one attached hydrogen (secondary N) is 1. The highest BCUT2D eigenvalue weighted by molar-refractivity contribution is 8.00. The number of rotatable bonds is 7. The number of hydrogen-bond donors (Lipinski definition) is 1. The number of benzene rings is 1. The normalized spacial score (nSPS) is 12.4. The first-order chi connectivity index (χ1) is 15.5. The molecule has 3 rings (SSSR count). The lowest BCUT2D eigenvalue weighted by Gasteiger charge is -2.16. The summed E-state index contributed by atoms with van der Waals surface area (Å²) in [6.07, 6.45) is 0. The highest BCUT2D eigenvalue weighted by Gasteiger charge is 2.20. The number of fused-ring (bicyclic) bond motifs is 1. The maximum absolute atomic E-state index is 12.9. The number of carbonyl (C=O) groups is 1. The van der Waals surface area contributed by atoms with Gasteiger partial charge in [0.1, 0.15) is 16.2 Å². The van der Waals surface area contributed by atoms with Crippen LogP contribution in [0.5, 0.6) is 0 Å². The van der Waals surface area contributed by atoms with Gasteiger partial charge in [0, 0.05) is 13.6 Å². The molecule has 0 aliphatic carbocycles. The van der Waals surface area contributed by atoms with Crippen molar-refractivity contribution in [2.75, 3.05) is 5.75 Å². The van der Waals surface area contributed by atoms with Crippen molar-refractivity contribution in [2.45, 2.75) is 59.2 Å². The molecule has 0 saturated carbocycles. The molecule has 2 heterocycles. The summed E-state index contributed by atoms with van der Waals surface area (Å²) >= 11 is 1.18. The molecule has 0 unspecified atom stereocenters. The average Bonchev–Trinajstić information content (AvgIpc) is 2.74. The summed E-state index contributed by atoms with van der Waals surface area (Å²) in [6, 6.07) is 5.99. The van der Waals surface area contributed by atoms with Gasteiger partial charge in [-0.3, -0.25) is 18.7 Å². The summed E-state index contributed by atoms with van der Waals surface area (Å²) in [5.41, 5.74) is 2.87. The van der Waals surface area contributed by atoms with Gasteiger partial charge in [-0.2, -0.15) is 0 Å². The van der Waals surface area contributed by atoms with Gasteiger partial charge in [0.25, 0.3) is 5.56 Å². The molecule has 0 spiro atoms. The van der Waals surface area contributed by atoms with E-state index in [1.807, 2.05) is 39.8 Å². The predicted octanol–water partition coefficient (Wildman–Crippen LogP) is 3.04. The van der Waals surface area contributed by atoms with Gasteiger partial charge in [0.15, 0.2) is 5.65 Å². The third-order valence-electron chi connectivity index (χ3n) is 5.56. The molecule has 2 aromatic heterocycles. The van der Waals surface area contributed by atoms with Crippen molar-refractivity contribution < 1.29 is 4.79 Å². The van der Waals surface area contributed by atoms with Crippen LogP contribution in [0, 0.1) is 26.7 Å². The number of aryl methyl sites for hydroxylation is 3. The molecule has 0 saturated heterocycles. The standard InChI is InChI=1S/C24H31N5O3S/c1-13(2)11-29-21-20(23(31)28(7)24(29)32)22(27-17(6)26-21)33-12-19(30)25-16(5)18-9-8-14(3)15(4)10-18/h8-10,13,16H,11-12H2,1-7H3,(H,25,30)/t16-/m1/s1. The van der Waals surface area contributed by atoms with Crippen LogP contribution >= 0.6 is 11.8 Å². The summed E-state index contributed by atoms with van der Waals surface area (Å²) in [4.78, 5) is 47.2.